The van der Waals surface area contributed by atoms with Gasteiger partial charge in [-0.1, -0.05) is 61.7 Å². The molecule has 0 bridgehead atoms. The second-order valence-electron chi connectivity index (χ2n) is 11.5. The molecular formula is C35H29Br2ClN2O6. The number of ketones is 1. The number of alkyl halides is 2. The number of methoxy groups -OCH3 is 1. The van der Waals surface area contributed by atoms with Gasteiger partial charge in [0.25, 0.3) is 0 Å². The maximum absolute atomic E-state index is 13.6. The molecule has 6 rings (SSSR count). The first-order chi connectivity index (χ1) is 22.0. The lowest BCUT2D eigenvalue weighted by Crippen LogP contribution is -2.34. The van der Waals surface area contributed by atoms with Crippen LogP contribution in [0.15, 0.2) is 66.7 Å². The molecule has 1 saturated carbocycles. The van der Waals surface area contributed by atoms with Crippen LogP contribution in [0.1, 0.15) is 46.0 Å². The molecule has 2 fully saturated rings. The van der Waals surface area contributed by atoms with Crippen molar-refractivity contribution in [2.45, 2.75) is 42.4 Å². The summed E-state index contributed by atoms with van der Waals surface area (Å²) in [6, 6.07) is 18.5. The maximum atomic E-state index is 13.6. The largest absolute Gasteiger partial charge is 0.497 e. The molecule has 1 saturated heterocycles. The third kappa shape index (κ3) is 5.87. The fourth-order valence-corrected chi connectivity index (χ4v) is 7.51. The smallest absolute Gasteiger partial charge is 0.339 e. The predicted molar refractivity (Wildman–Crippen MR) is 183 cm³/mol. The normalized spacial score (nSPS) is 21.7. The number of carbonyl (C=O) groups excluding carboxylic acids is 4. The van der Waals surface area contributed by atoms with Gasteiger partial charge in [0.05, 0.1) is 41.4 Å². The summed E-state index contributed by atoms with van der Waals surface area (Å²) in [6.45, 7) is 3.34. The fraction of sp³-hybridized carbons (Fsp3) is 0.286. The van der Waals surface area contributed by atoms with E-state index >= 15 is 0 Å². The molecule has 1 aliphatic carbocycles. The first-order valence-electron chi connectivity index (χ1n) is 14.7. The van der Waals surface area contributed by atoms with Gasteiger partial charge in [0, 0.05) is 31.2 Å². The fourth-order valence-electron chi connectivity index (χ4n) is 6.12. The molecule has 0 radical (unpaired) electrons. The molecule has 11 heteroatoms. The minimum atomic E-state index is -1.06. The van der Waals surface area contributed by atoms with Crippen LogP contribution < -0.4 is 9.64 Å². The van der Waals surface area contributed by atoms with E-state index in [-0.39, 0.29) is 44.7 Å². The number of esters is 1. The zero-order valence-corrected chi connectivity index (χ0v) is 29.1. The Kier molecular flexibility index (Phi) is 9.06. The molecule has 1 aliphatic heterocycles. The van der Waals surface area contributed by atoms with Crippen molar-refractivity contribution >= 4 is 83.6 Å². The molecule has 4 aromatic rings. The number of rotatable bonds is 7. The van der Waals surface area contributed by atoms with Crippen molar-refractivity contribution in [1.82, 2.24) is 4.98 Å². The number of halogens is 3. The monoisotopic (exact) mass is 766 g/mol. The number of ether oxygens (including phenoxy) is 2. The second-order valence-corrected chi connectivity index (χ2v) is 14.3. The zero-order valence-electron chi connectivity index (χ0n) is 25.1. The maximum Gasteiger partial charge on any atom is 0.339 e. The van der Waals surface area contributed by atoms with E-state index in [0.29, 0.717) is 62.6 Å². The first-order valence-corrected chi connectivity index (χ1v) is 16.9. The highest BCUT2D eigenvalue weighted by atomic mass is 79.9. The van der Waals surface area contributed by atoms with E-state index in [1.807, 2.05) is 6.92 Å². The van der Waals surface area contributed by atoms with E-state index in [4.69, 9.17) is 26.1 Å². The van der Waals surface area contributed by atoms with Crippen molar-refractivity contribution in [3.05, 3.63) is 88.4 Å². The third-order valence-electron chi connectivity index (χ3n) is 8.75. The Balaban J connectivity index is 1.30. The number of amides is 2. The Bertz CT molecular complexity index is 1850. The summed E-state index contributed by atoms with van der Waals surface area (Å²) in [7, 11) is 1.54. The Hall–Kier alpha value is -3.60. The van der Waals surface area contributed by atoms with Crippen LogP contribution in [-0.2, 0) is 14.3 Å². The number of Topliss-reactive ketones (excluding diaryl/α,β-unsaturated/α-hetero) is 1. The van der Waals surface area contributed by atoms with Crippen LogP contribution in [-0.4, -0.2) is 51.4 Å². The van der Waals surface area contributed by atoms with Crippen molar-refractivity contribution in [3.63, 3.8) is 0 Å². The number of benzene rings is 3. The Morgan fingerprint density at radius 2 is 1.54 bits per heavy atom. The lowest BCUT2D eigenvalue weighted by atomic mass is 9.81. The van der Waals surface area contributed by atoms with Crippen molar-refractivity contribution in [1.29, 1.82) is 0 Å². The van der Waals surface area contributed by atoms with E-state index in [0.717, 1.165) is 0 Å². The Morgan fingerprint density at radius 1 is 0.935 bits per heavy atom. The SMILES string of the molecule is COc1ccc(C(=O)C(C)OC(=O)c2cc(-c3ccc(N4C(=O)C5CC(Br)C(Br)CC5C4=O)cc3)nc3c(C)c(Cl)ccc23)cc1. The molecule has 0 N–H and O–H groups in total. The number of hydrogen-bond donors (Lipinski definition) is 0. The van der Waals surface area contributed by atoms with Crippen LogP contribution >= 0.6 is 43.5 Å². The topological polar surface area (TPSA) is 103 Å². The van der Waals surface area contributed by atoms with E-state index in [1.165, 1.54) is 18.9 Å². The summed E-state index contributed by atoms with van der Waals surface area (Å²) < 4.78 is 10.8. The molecule has 1 aromatic heterocycles. The van der Waals surface area contributed by atoms with Gasteiger partial charge in [-0.15, -0.1) is 0 Å². The lowest BCUT2D eigenvalue weighted by molar-refractivity contribution is -0.122. The molecule has 3 aromatic carbocycles. The van der Waals surface area contributed by atoms with Crippen molar-refractivity contribution in [2.24, 2.45) is 11.8 Å². The van der Waals surface area contributed by atoms with Gasteiger partial charge in [-0.3, -0.25) is 19.3 Å². The average Bonchev–Trinajstić information content (AvgIpc) is 3.30. The standard InChI is InChI=1S/C35H29Br2ClN2O6/c1-17-29(38)13-12-23-26(35(44)46-18(2)32(41)20-6-10-22(45-3)11-7-20)16-30(39-31(17)23)19-4-8-21(9-5-19)40-33(42)24-14-27(36)28(37)15-25(24)34(40)43/h4-13,16,18,24-25,27-28H,14-15H2,1-3H3. The number of hydrogen-bond acceptors (Lipinski definition) is 7. The van der Waals surface area contributed by atoms with E-state index in [1.54, 1.807) is 66.7 Å². The first kappa shape index (κ1) is 32.3. The van der Waals surface area contributed by atoms with Gasteiger partial charge in [0.15, 0.2) is 6.10 Å². The molecule has 2 amide bonds. The quantitative estimate of drug-likeness (QED) is 0.0821. The van der Waals surface area contributed by atoms with Crippen LogP contribution in [0, 0.1) is 18.8 Å². The highest BCUT2D eigenvalue weighted by molar-refractivity contribution is 9.12. The van der Waals surface area contributed by atoms with E-state index < -0.39 is 12.1 Å². The highest BCUT2D eigenvalue weighted by Crippen LogP contribution is 2.44. The minimum absolute atomic E-state index is 0.119. The summed E-state index contributed by atoms with van der Waals surface area (Å²) in [5.74, 6) is -1.52. The van der Waals surface area contributed by atoms with Crippen LogP contribution in [0.5, 0.6) is 5.75 Å². The predicted octanol–water partition coefficient (Wildman–Crippen LogP) is 7.73. The van der Waals surface area contributed by atoms with Gasteiger partial charge in [0.1, 0.15) is 5.75 Å². The van der Waals surface area contributed by atoms with Gasteiger partial charge < -0.3 is 9.47 Å². The van der Waals surface area contributed by atoms with Crippen molar-refractivity contribution in [2.75, 3.05) is 12.0 Å². The number of nitrogens with zero attached hydrogens (tertiary/aromatic N) is 2. The highest BCUT2D eigenvalue weighted by Gasteiger charge is 2.52. The van der Waals surface area contributed by atoms with Gasteiger partial charge in [-0.25, -0.2) is 9.78 Å². The number of fused-ring (bicyclic) bond motifs is 2. The number of aryl methyl sites for hydroxylation is 1. The van der Waals surface area contributed by atoms with Crippen LogP contribution in [0.2, 0.25) is 5.02 Å². The van der Waals surface area contributed by atoms with Crippen LogP contribution in [0.3, 0.4) is 0 Å². The van der Waals surface area contributed by atoms with Crippen molar-refractivity contribution < 1.29 is 28.7 Å². The van der Waals surface area contributed by atoms with Gasteiger partial charge in [-0.05, 0) is 80.8 Å². The summed E-state index contributed by atoms with van der Waals surface area (Å²) in [6.07, 6.45) is 0.122. The van der Waals surface area contributed by atoms with Gasteiger partial charge in [0.2, 0.25) is 17.6 Å². The Morgan fingerprint density at radius 3 is 2.13 bits per heavy atom. The lowest BCUT2D eigenvalue weighted by Gasteiger charge is -2.29. The van der Waals surface area contributed by atoms with Gasteiger partial charge in [-0.2, -0.15) is 0 Å². The molecule has 5 atom stereocenters. The van der Waals surface area contributed by atoms with Crippen LogP contribution in [0.25, 0.3) is 22.2 Å². The number of imide groups is 1. The molecule has 0 spiro atoms. The molecule has 8 nitrogen and oxygen atoms in total. The third-order valence-corrected chi connectivity index (χ3v) is 11.9. The number of anilines is 1. The van der Waals surface area contributed by atoms with E-state index in [9.17, 15) is 19.2 Å². The number of aromatic nitrogens is 1. The molecule has 46 heavy (non-hydrogen) atoms. The number of carbonyl (C=O) groups is 4. The van der Waals surface area contributed by atoms with E-state index in [2.05, 4.69) is 31.9 Å². The second kappa shape index (κ2) is 12.9. The summed E-state index contributed by atoms with van der Waals surface area (Å²) >= 11 is 13.7. The number of pyridine rings is 1. The van der Waals surface area contributed by atoms with Crippen LogP contribution in [0.4, 0.5) is 5.69 Å². The van der Waals surface area contributed by atoms with Crippen molar-refractivity contribution in [3.8, 4) is 17.0 Å². The Labute approximate surface area is 287 Å². The summed E-state index contributed by atoms with van der Waals surface area (Å²) in [4.78, 5) is 59.6. The summed E-state index contributed by atoms with van der Waals surface area (Å²) in [5, 5.41) is 1.02. The summed E-state index contributed by atoms with van der Waals surface area (Å²) in [5.41, 5.74) is 3.40. The van der Waals surface area contributed by atoms with Gasteiger partial charge >= 0.3 is 5.97 Å². The zero-order chi connectivity index (χ0) is 32.9. The average molecular weight is 769 g/mol. The molecular weight excluding hydrogens is 740 g/mol. The molecule has 2 heterocycles. The molecule has 236 valence electrons. The molecule has 2 aliphatic rings. The molecule has 5 unspecified atom stereocenters. The minimum Gasteiger partial charge on any atom is -0.497 e.